The molecule has 2 N–H and O–H groups in total. The first kappa shape index (κ1) is 21.9. The summed E-state index contributed by atoms with van der Waals surface area (Å²) >= 11 is 0. The lowest BCUT2D eigenvalue weighted by Gasteiger charge is -2.34. The van der Waals surface area contributed by atoms with E-state index in [9.17, 15) is 0 Å². The topological polar surface area (TPSA) is 65.0 Å². The molecule has 2 heterocycles. The van der Waals surface area contributed by atoms with E-state index < -0.39 is 0 Å². The van der Waals surface area contributed by atoms with Crippen molar-refractivity contribution < 1.29 is 4.74 Å². The molecule has 0 aliphatic carbocycles. The van der Waals surface area contributed by atoms with E-state index in [0.29, 0.717) is 19.7 Å². The Morgan fingerprint density at radius 2 is 1.80 bits per heavy atom. The van der Waals surface area contributed by atoms with Crippen LogP contribution >= 0.6 is 0 Å². The molecule has 2 aromatic rings. The molecule has 0 bridgehead atoms. The van der Waals surface area contributed by atoms with Gasteiger partial charge in [0.15, 0.2) is 5.96 Å². The second-order valence-corrected chi connectivity index (χ2v) is 7.37. The molecule has 0 saturated carbocycles. The first-order chi connectivity index (χ1) is 14.7. The lowest BCUT2D eigenvalue weighted by atomic mass is 10.2. The van der Waals surface area contributed by atoms with Gasteiger partial charge in [-0.1, -0.05) is 24.3 Å². The number of anilines is 1. The number of nitrogens with zero attached hydrogens (tertiary/aromatic N) is 4. The van der Waals surface area contributed by atoms with Gasteiger partial charge in [0.25, 0.3) is 0 Å². The van der Waals surface area contributed by atoms with Crippen LogP contribution in [0.1, 0.15) is 25.0 Å². The minimum absolute atomic E-state index is 0.559. The summed E-state index contributed by atoms with van der Waals surface area (Å²) in [4.78, 5) is 14.2. The normalized spacial score (nSPS) is 15.2. The molecule has 1 aromatic carbocycles. The van der Waals surface area contributed by atoms with E-state index in [1.165, 1.54) is 5.56 Å². The third kappa shape index (κ3) is 6.10. The number of aliphatic imine (C=N–C) groups is 1. The van der Waals surface area contributed by atoms with E-state index in [1.807, 2.05) is 37.4 Å². The molecule has 0 atom stereocenters. The number of rotatable bonds is 8. The van der Waals surface area contributed by atoms with Crippen molar-refractivity contribution in [2.75, 3.05) is 51.3 Å². The molecule has 0 radical (unpaired) electrons. The van der Waals surface area contributed by atoms with Gasteiger partial charge < -0.3 is 25.2 Å². The average Bonchev–Trinajstić information content (AvgIpc) is 2.77. The Hall–Kier alpha value is -2.80. The van der Waals surface area contributed by atoms with E-state index in [0.717, 1.165) is 55.8 Å². The van der Waals surface area contributed by atoms with Gasteiger partial charge in [-0.2, -0.15) is 0 Å². The highest BCUT2D eigenvalue weighted by atomic mass is 16.5. The van der Waals surface area contributed by atoms with Crippen LogP contribution < -0.4 is 20.3 Å². The summed E-state index contributed by atoms with van der Waals surface area (Å²) in [5, 5.41) is 6.80. The van der Waals surface area contributed by atoms with Crippen LogP contribution in [0, 0.1) is 0 Å². The number of para-hydroxylation sites is 1. The number of likely N-dealkylation sites (N-methyl/N-ethyl adjacent to an activating group) is 1. The Balaban J connectivity index is 1.67. The molecular formula is C23H34N6O. The van der Waals surface area contributed by atoms with E-state index >= 15 is 0 Å². The van der Waals surface area contributed by atoms with E-state index in [-0.39, 0.29) is 0 Å². The Morgan fingerprint density at radius 3 is 2.57 bits per heavy atom. The van der Waals surface area contributed by atoms with Crippen molar-refractivity contribution >= 4 is 11.8 Å². The maximum Gasteiger partial charge on any atom is 0.191 e. The monoisotopic (exact) mass is 410 g/mol. The highest BCUT2D eigenvalue weighted by molar-refractivity contribution is 5.80. The van der Waals surface area contributed by atoms with Gasteiger partial charge >= 0.3 is 0 Å². The summed E-state index contributed by atoms with van der Waals surface area (Å²) in [6.07, 6.45) is 1.88. The number of hydrogen-bond donors (Lipinski definition) is 2. The van der Waals surface area contributed by atoms with Crippen molar-refractivity contribution in [1.29, 1.82) is 0 Å². The fourth-order valence-corrected chi connectivity index (χ4v) is 3.49. The molecule has 0 amide bonds. The van der Waals surface area contributed by atoms with E-state index in [2.05, 4.69) is 51.5 Å². The van der Waals surface area contributed by atoms with Gasteiger partial charge in [-0.15, -0.1) is 0 Å². The zero-order valence-electron chi connectivity index (χ0n) is 18.4. The van der Waals surface area contributed by atoms with E-state index in [4.69, 9.17) is 9.73 Å². The van der Waals surface area contributed by atoms with Gasteiger partial charge in [0.1, 0.15) is 11.6 Å². The van der Waals surface area contributed by atoms with Crippen LogP contribution in [-0.4, -0.2) is 62.2 Å². The van der Waals surface area contributed by atoms with Crippen LogP contribution in [0.25, 0.3) is 0 Å². The summed E-state index contributed by atoms with van der Waals surface area (Å²) < 4.78 is 5.72. The fraction of sp³-hybridized carbons (Fsp3) is 0.478. The van der Waals surface area contributed by atoms with Crippen molar-refractivity contribution in [3.63, 3.8) is 0 Å². The SMILES string of the molecule is CCNC(=NCc1ccccc1OCC)NCc1cccnc1N1CCN(C)CC1. The fourth-order valence-electron chi connectivity index (χ4n) is 3.49. The van der Waals surface area contributed by atoms with Gasteiger partial charge in [-0.05, 0) is 33.0 Å². The van der Waals surface area contributed by atoms with Crippen LogP contribution in [0.2, 0.25) is 0 Å². The largest absolute Gasteiger partial charge is 0.494 e. The lowest BCUT2D eigenvalue weighted by Crippen LogP contribution is -2.45. The standard InChI is InChI=1S/C23H34N6O/c1-4-24-23(26-17-19-9-6-7-11-21(19)30-5-2)27-18-20-10-8-12-25-22(20)29-15-13-28(3)14-16-29/h6-12H,4-5,13-18H2,1-3H3,(H2,24,26,27). The van der Waals surface area contributed by atoms with Gasteiger partial charge in [0, 0.05) is 56.6 Å². The van der Waals surface area contributed by atoms with Crippen LogP contribution in [0.4, 0.5) is 5.82 Å². The predicted molar refractivity (Wildman–Crippen MR) is 123 cm³/mol. The van der Waals surface area contributed by atoms with Gasteiger partial charge in [0.2, 0.25) is 0 Å². The maximum atomic E-state index is 5.72. The Bertz CT molecular complexity index is 817. The maximum absolute atomic E-state index is 5.72. The molecule has 1 aliphatic rings. The van der Waals surface area contributed by atoms with Crippen LogP contribution in [0.15, 0.2) is 47.6 Å². The van der Waals surface area contributed by atoms with Gasteiger partial charge in [-0.25, -0.2) is 9.98 Å². The third-order valence-corrected chi connectivity index (χ3v) is 5.14. The molecule has 1 aliphatic heterocycles. The molecule has 7 nitrogen and oxygen atoms in total. The molecule has 1 aromatic heterocycles. The molecule has 3 rings (SSSR count). The Kier molecular flexibility index (Phi) is 8.32. The molecular weight excluding hydrogens is 376 g/mol. The molecule has 30 heavy (non-hydrogen) atoms. The van der Waals surface area contributed by atoms with Crippen molar-refractivity contribution in [2.45, 2.75) is 26.9 Å². The Morgan fingerprint density at radius 1 is 1.03 bits per heavy atom. The smallest absolute Gasteiger partial charge is 0.191 e. The number of nitrogens with one attached hydrogen (secondary N) is 2. The van der Waals surface area contributed by atoms with Crippen LogP contribution in [0.3, 0.4) is 0 Å². The zero-order valence-corrected chi connectivity index (χ0v) is 18.4. The first-order valence-electron chi connectivity index (χ1n) is 10.8. The second kappa shape index (κ2) is 11.4. The molecule has 7 heteroatoms. The number of hydrogen-bond acceptors (Lipinski definition) is 5. The first-order valence-corrected chi connectivity index (χ1v) is 10.8. The van der Waals surface area contributed by atoms with Crippen LogP contribution in [-0.2, 0) is 13.1 Å². The minimum Gasteiger partial charge on any atom is -0.494 e. The highest BCUT2D eigenvalue weighted by Crippen LogP contribution is 2.20. The van der Waals surface area contributed by atoms with Crippen molar-refractivity contribution in [3.8, 4) is 5.75 Å². The number of aromatic nitrogens is 1. The molecule has 1 fully saturated rings. The van der Waals surface area contributed by atoms with Gasteiger partial charge in [-0.3, -0.25) is 0 Å². The second-order valence-electron chi connectivity index (χ2n) is 7.37. The van der Waals surface area contributed by atoms with E-state index in [1.54, 1.807) is 0 Å². The molecule has 0 unspecified atom stereocenters. The predicted octanol–water partition coefficient (Wildman–Crippen LogP) is 2.49. The van der Waals surface area contributed by atoms with Crippen molar-refractivity contribution in [1.82, 2.24) is 20.5 Å². The summed E-state index contributed by atoms with van der Waals surface area (Å²) in [5.41, 5.74) is 2.26. The highest BCUT2D eigenvalue weighted by Gasteiger charge is 2.18. The number of benzene rings is 1. The molecule has 1 saturated heterocycles. The third-order valence-electron chi connectivity index (χ3n) is 5.14. The zero-order chi connectivity index (χ0) is 21.2. The Labute approximate surface area is 180 Å². The van der Waals surface area contributed by atoms with Crippen LogP contribution in [0.5, 0.6) is 5.75 Å². The summed E-state index contributed by atoms with van der Waals surface area (Å²) in [6.45, 7) is 10.9. The number of guanidine groups is 1. The molecule has 0 spiro atoms. The quantitative estimate of drug-likeness (QED) is 0.515. The summed E-state index contributed by atoms with van der Waals surface area (Å²) in [6, 6.07) is 12.2. The van der Waals surface area contributed by atoms with Crippen molar-refractivity contribution in [2.24, 2.45) is 4.99 Å². The number of ether oxygens (including phenoxy) is 1. The minimum atomic E-state index is 0.559. The van der Waals surface area contributed by atoms with Gasteiger partial charge in [0.05, 0.1) is 13.2 Å². The number of pyridine rings is 1. The summed E-state index contributed by atoms with van der Waals surface area (Å²) in [5.74, 6) is 2.75. The molecule has 162 valence electrons. The van der Waals surface area contributed by atoms with Crippen molar-refractivity contribution in [3.05, 3.63) is 53.7 Å². The average molecular weight is 411 g/mol. The lowest BCUT2D eigenvalue weighted by molar-refractivity contribution is 0.312. The summed E-state index contributed by atoms with van der Waals surface area (Å²) in [7, 11) is 2.17. The number of piperazine rings is 1.